The highest BCUT2D eigenvalue weighted by molar-refractivity contribution is 6.17. The van der Waals surface area contributed by atoms with E-state index < -0.39 is 63.3 Å². The fourth-order valence-corrected chi connectivity index (χ4v) is 16.1. The normalized spacial score (nSPS) is 12.4. The molecule has 0 aliphatic carbocycles. The molecule has 472 valence electrons. The van der Waals surface area contributed by atoms with Crippen molar-refractivity contribution in [1.29, 1.82) is 0 Å². The van der Waals surface area contributed by atoms with Crippen LogP contribution in [-0.2, 0) is 6.18 Å². The summed E-state index contributed by atoms with van der Waals surface area (Å²) in [6, 6.07) is 86.6. The van der Waals surface area contributed by atoms with Gasteiger partial charge in [-0.05, 0) is 109 Å². The Morgan fingerprint density at radius 1 is 0.202 bits per heavy atom. The maximum Gasteiger partial charge on any atom is 0.418 e. The van der Waals surface area contributed by atoms with Crippen LogP contribution >= 0.6 is 0 Å². The zero-order valence-corrected chi connectivity index (χ0v) is 51.8. The van der Waals surface area contributed by atoms with Gasteiger partial charge in [0, 0.05) is 92.9 Å². The van der Waals surface area contributed by atoms with Crippen molar-refractivity contribution in [2.24, 2.45) is 0 Å². The summed E-state index contributed by atoms with van der Waals surface area (Å²) >= 11 is 0. The molecule has 0 radical (unpaired) electrons. The number of aromatic nitrogens is 6. The Morgan fingerprint density at radius 2 is 0.424 bits per heavy atom. The molecule has 6 heterocycles. The van der Waals surface area contributed by atoms with E-state index in [2.05, 4.69) is 0 Å². The molecule has 6 nitrogen and oxygen atoms in total. The monoisotopic (exact) mass is 1300 g/mol. The van der Waals surface area contributed by atoms with Gasteiger partial charge in [-0.1, -0.05) is 170 Å². The molecule has 0 spiro atoms. The average Bonchev–Trinajstić information content (AvgIpc) is 1.62. The van der Waals surface area contributed by atoms with E-state index in [1.54, 1.807) is 24.3 Å². The molecule has 0 bridgehead atoms. The summed E-state index contributed by atoms with van der Waals surface area (Å²) in [6.07, 6.45) is -5.29. The Kier molecular flexibility index (Phi) is 11.8. The van der Waals surface area contributed by atoms with Crippen LogP contribution in [0.25, 0.3) is 176 Å². The lowest BCUT2D eigenvalue weighted by molar-refractivity contribution is -0.137. The van der Waals surface area contributed by atoms with Crippen molar-refractivity contribution in [2.45, 2.75) is 6.18 Å². The first-order valence-corrected chi connectivity index (χ1v) is 32.3. The van der Waals surface area contributed by atoms with Gasteiger partial charge in [0.15, 0.2) is 23.3 Å². The van der Waals surface area contributed by atoms with Crippen molar-refractivity contribution in [3.8, 4) is 45.3 Å². The second-order valence-corrected chi connectivity index (χ2v) is 25.3. The van der Waals surface area contributed by atoms with Crippen molar-refractivity contribution < 1.29 is 35.1 Å². The lowest BCUT2D eigenvalue weighted by Gasteiger charge is -2.23. The van der Waals surface area contributed by atoms with Gasteiger partial charge in [0.25, 0.3) is 0 Å². The minimum atomic E-state index is -5.29. The number of fused-ring (bicyclic) bond motifs is 18. The molecule has 6 aromatic heterocycles. The van der Waals surface area contributed by atoms with E-state index in [9.17, 15) is 0 Å². The topological polar surface area (TPSA) is 29.6 Å². The third-order valence-corrected chi connectivity index (χ3v) is 20.2. The summed E-state index contributed by atoms with van der Waals surface area (Å²) in [5, 5.41) is 9.49. The van der Waals surface area contributed by atoms with Crippen LogP contribution in [0.5, 0.6) is 0 Å². The molecule has 0 N–H and O–H groups in total. The molecule has 0 saturated heterocycles. The van der Waals surface area contributed by atoms with Crippen LogP contribution in [0.15, 0.2) is 279 Å². The Labute approximate surface area is 555 Å². The van der Waals surface area contributed by atoms with Gasteiger partial charge in [-0.15, -0.1) is 0 Å². The van der Waals surface area contributed by atoms with Crippen molar-refractivity contribution in [3.05, 3.63) is 314 Å². The van der Waals surface area contributed by atoms with E-state index in [1.165, 1.54) is 9.13 Å². The van der Waals surface area contributed by atoms with Gasteiger partial charge in [0.2, 0.25) is 5.82 Å². The highest BCUT2D eigenvalue weighted by Crippen LogP contribution is 2.49. The van der Waals surface area contributed by atoms with Crippen LogP contribution < -0.4 is 0 Å². The molecule has 0 amide bonds. The highest BCUT2D eigenvalue weighted by Gasteiger charge is 2.39. The van der Waals surface area contributed by atoms with E-state index in [0.717, 1.165) is 99.4 Å². The van der Waals surface area contributed by atoms with Crippen LogP contribution in [0.3, 0.4) is 0 Å². The minimum Gasteiger partial charge on any atom is -0.309 e. The van der Waals surface area contributed by atoms with Gasteiger partial charge >= 0.3 is 6.18 Å². The Bertz CT molecular complexity index is 6350. The van der Waals surface area contributed by atoms with Crippen LogP contribution in [0.2, 0.25) is 0 Å². The first kappa shape index (κ1) is 56.6. The predicted molar refractivity (Wildman–Crippen MR) is 383 cm³/mol. The van der Waals surface area contributed by atoms with Crippen molar-refractivity contribution in [1.82, 2.24) is 27.4 Å². The number of rotatable bonds is 7. The van der Waals surface area contributed by atoms with Gasteiger partial charge in [0.05, 0.1) is 88.7 Å². The molecule has 0 unspecified atom stereocenters. The second kappa shape index (κ2) is 20.7. The van der Waals surface area contributed by atoms with Gasteiger partial charge in [-0.3, -0.25) is 0 Å². The summed E-state index contributed by atoms with van der Waals surface area (Å²) < 4.78 is 148. The smallest absolute Gasteiger partial charge is 0.309 e. The minimum absolute atomic E-state index is 0.244. The maximum absolute atomic E-state index is 17.7. The number of halogens is 8. The van der Waals surface area contributed by atoms with Gasteiger partial charge in [0.1, 0.15) is 0 Å². The molecule has 20 aromatic rings. The molecule has 14 aromatic carbocycles. The predicted octanol–water partition coefficient (Wildman–Crippen LogP) is 23.7. The summed E-state index contributed by atoms with van der Waals surface area (Å²) in [6.45, 7) is 0. The number of benzene rings is 14. The van der Waals surface area contributed by atoms with E-state index in [0.29, 0.717) is 44.3 Å². The summed E-state index contributed by atoms with van der Waals surface area (Å²) in [5.74, 6) is -11.4. The van der Waals surface area contributed by atoms with Crippen molar-refractivity contribution in [3.63, 3.8) is 0 Å². The number of hydrogen-bond acceptors (Lipinski definition) is 0. The third-order valence-electron chi connectivity index (χ3n) is 20.2. The average molecular weight is 1300 g/mol. The molecule has 99 heavy (non-hydrogen) atoms. The summed E-state index contributed by atoms with van der Waals surface area (Å²) in [5.41, 5.74) is 5.21. The number of nitrogens with zero attached hydrogens (tertiary/aromatic N) is 6. The van der Waals surface area contributed by atoms with E-state index in [-0.39, 0.29) is 22.1 Å². The fraction of sp³-hybridized carbons (Fsp3) is 0.0118. The van der Waals surface area contributed by atoms with Crippen LogP contribution in [0.1, 0.15) is 5.56 Å². The Hall–Kier alpha value is -12.7. The van der Waals surface area contributed by atoms with Crippen molar-refractivity contribution in [2.75, 3.05) is 0 Å². The molecule has 20 rings (SSSR count). The standard InChI is InChI=1S/C85H46F8N6/c86-80-79(81(87)83(89)84(90)82(80)88)63-45-78(99-75-43-49(96-69-29-13-5-21-55(69)56-22-6-14-30-70(56)96)35-39-61(75)62-40-36-50(44-76(62)99)97-71-31-15-7-23-57(71)58-24-8-16-32-72(58)97)64(85(91,92)93)46-77(63)98-73-41-47(94-65-25-9-1-17-51(65)52-18-2-10-26-66(52)94)33-37-59(73)60-38-34-48(42-74(60)98)95-67-27-11-3-19-53(67)54-20-4-12-28-68(54)95/h1-46H. The Balaban J connectivity index is 0.951. The molecular weight excluding hydrogens is 1260 g/mol. The Morgan fingerprint density at radius 3 is 0.677 bits per heavy atom. The van der Waals surface area contributed by atoms with Gasteiger partial charge in [-0.2, -0.15) is 13.2 Å². The maximum atomic E-state index is 17.7. The molecule has 0 fully saturated rings. The second-order valence-electron chi connectivity index (χ2n) is 25.3. The molecule has 0 atom stereocenters. The zero-order chi connectivity index (χ0) is 66.4. The fourth-order valence-electron chi connectivity index (χ4n) is 16.1. The van der Waals surface area contributed by atoms with Crippen molar-refractivity contribution >= 4 is 131 Å². The third kappa shape index (κ3) is 7.93. The molecule has 14 heteroatoms. The lowest BCUT2D eigenvalue weighted by Crippen LogP contribution is -2.14. The van der Waals surface area contributed by atoms with E-state index in [1.807, 2.05) is 261 Å². The summed E-state index contributed by atoms with van der Waals surface area (Å²) in [4.78, 5) is 0. The number of alkyl halides is 3. The quantitative estimate of drug-likeness (QED) is 0.0865. The van der Waals surface area contributed by atoms with E-state index in [4.69, 9.17) is 0 Å². The lowest BCUT2D eigenvalue weighted by atomic mass is 9.97. The molecule has 0 aliphatic heterocycles. The van der Waals surface area contributed by atoms with E-state index >= 15 is 35.1 Å². The number of para-hydroxylation sites is 8. The van der Waals surface area contributed by atoms with Crippen LogP contribution in [0.4, 0.5) is 35.1 Å². The van der Waals surface area contributed by atoms with Gasteiger partial charge in [-0.25, -0.2) is 22.0 Å². The van der Waals surface area contributed by atoms with Gasteiger partial charge < -0.3 is 27.4 Å². The molecular formula is C85H46F8N6. The number of hydrogen-bond donors (Lipinski definition) is 0. The molecule has 0 saturated carbocycles. The van der Waals surface area contributed by atoms with Crippen LogP contribution in [0, 0.1) is 29.1 Å². The first-order valence-electron chi connectivity index (χ1n) is 32.3. The zero-order valence-electron chi connectivity index (χ0n) is 51.8. The highest BCUT2D eigenvalue weighted by atomic mass is 19.4. The van der Waals surface area contributed by atoms with Crippen LogP contribution in [-0.4, -0.2) is 27.4 Å². The summed E-state index contributed by atoms with van der Waals surface area (Å²) in [7, 11) is 0. The molecule has 0 aliphatic rings. The SMILES string of the molecule is Fc1c(F)c(F)c(-c2cc(-n3c4cc(-n5c6ccccc6c6ccccc65)ccc4c4ccc(-n5c6ccccc6c6ccccc65)cc43)c(C(F)(F)F)cc2-n2c3cc(-n4c5ccccc5c5ccccc54)ccc3c3ccc(-n4c5ccccc5c5ccccc54)cc32)c(F)c1F. The first-order chi connectivity index (χ1) is 48.4. The largest absolute Gasteiger partial charge is 0.418 e.